The highest BCUT2D eigenvalue weighted by Crippen LogP contribution is 2.15. The Hall–Kier alpha value is -0.120. The lowest BCUT2D eigenvalue weighted by molar-refractivity contribution is 0.120. The van der Waals surface area contributed by atoms with E-state index in [-0.39, 0.29) is 0 Å². The highest BCUT2D eigenvalue weighted by atomic mass is 16.3. The Kier molecular flexibility index (Phi) is 5.35. The zero-order chi connectivity index (χ0) is 9.52. The number of hydrogen-bond donors (Lipinski definition) is 2. The van der Waals surface area contributed by atoms with Gasteiger partial charge < -0.3 is 15.3 Å². The maximum Gasteiger partial charge on any atom is 0.0471 e. The Balaban J connectivity index is 2.11. The maximum atomic E-state index is 9.04. The van der Waals surface area contributed by atoms with Gasteiger partial charge in [0.25, 0.3) is 0 Å². The van der Waals surface area contributed by atoms with Crippen molar-refractivity contribution >= 4 is 0 Å². The molecule has 3 nitrogen and oxygen atoms in total. The van der Waals surface area contributed by atoms with Gasteiger partial charge in [0.2, 0.25) is 0 Å². The van der Waals surface area contributed by atoms with Crippen LogP contribution in [-0.2, 0) is 0 Å². The predicted molar refractivity (Wildman–Crippen MR) is 54.8 cm³/mol. The first kappa shape index (κ1) is 11.0. The van der Waals surface area contributed by atoms with Crippen molar-refractivity contribution in [1.29, 1.82) is 0 Å². The predicted octanol–water partition coefficient (Wildman–Crippen LogP) is 0.300. The molecule has 3 heteroatoms. The molecule has 2 N–H and O–H groups in total. The third-order valence-corrected chi connectivity index (χ3v) is 2.76. The van der Waals surface area contributed by atoms with Gasteiger partial charge in [-0.1, -0.05) is 0 Å². The molecule has 0 amide bonds. The van der Waals surface area contributed by atoms with Crippen LogP contribution >= 0.6 is 0 Å². The van der Waals surface area contributed by atoms with E-state index in [9.17, 15) is 0 Å². The van der Waals surface area contributed by atoms with E-state index < -0.39 is 0 Å². The lowest BCUT2D eigenvalue weighted by Crippen LogP contribution is -2.38. The molecule has 1 saturated heterocycles. The monoisotopic (exact) mass is 186 g/mol. The summed E-state index contributed by atoms with van der Waals surface area (Å²) in [4.78, 5) is 2.47. The largest absolute Gasteiger partial charge is 0.396 e. The van der Waals surface area contributed by atoms with E-state index in [0.717, 1.165) is 13.1 Å². The van der Waals surface area contributed by atoms with Gasteiger partial charge in [-0.25, -0.2) is 0 Å². The molecule has 0 aromatic rings. The van der Waals surface area contributed by atoms with Gasteiger partial charge in [-0.2, -0.15) is 0 Å². The molecule has 0 radical (unpaired) electrons. The van der Waals surface area contributed by atoms with Gasteiger partial charge in [-0.3, -0.25) is 0 Å². The smallest absolute Gasteiger partial charge is 0.0471 e. The van der Waals surface area contributed by atoms with E-state index in [1.54, 1.807) is 0 Å². The zero-order valence-corrected chi connectivity index (χ0v) is 8.63. The normalized spacial score (nSPS) is 24.9. The lowest BCUT2D eigenvalue weighted by Gasteiger charge is -2.31. The summed E-state index contributed by atoms with van der Waals surface area (Å²) in [6.07, 6.45) is 3.68. The van der Waals surface area contributed by atoms with Gasteiger partial charge in [0, 0.05) is 13.2 Å². The molecule has 0 aromatic carbocycles. The molecule has 1 aliphatic heterocycles. The Morgan fingerprint density at radius 1 is 1.54 bits per heavy atom. The Morgan fingerprint density at radius 3 is 3.08 bits per heavy atom. The molecule has 1 atom stereocenters. The SMILES string of the molecule is CNCCCN1CCCC(CO)C1. The Labute approximate surface area is 81.1 Å². The number of piperidine rings is 1. The van der Waals surface area contributed by atoms with Crippen molar-refractivity contribution in [2.75, 3.05) is 39.8 Å². The highest BCUT2D eigenvalue weighted by Gasteiger charge is 2.18. The first-order valence-electron chi connectivity index (χ1n) is 5.34. The third-order valence-electron chi connectivity index (χ3n) is 2.76. The van der Waals surface area contributed by atoms with Crippen molar-refractivity contribution < 1.29 is 5.11 Å². The number of hydrogen-bond acceptors (Lipinski definition) is 3. The molecular formula is C10H22N2O. The molecule has 0 saturated carbocycles. The van der Waals surface area contributed by atoms with Crippen molar-refractivity contribution in [3.63, 3.8) is 0 Å². The number of rotatable bonds is 5. The van der Waals surface area contributed by atoms with Crippen molar-refractivity contribution in [2.45, 2.75) is 19.3 Å². The number of nitrogens with one attached hydrogen (secondary N) is 1. The zero-order valence-electron chi connectivity index (χ0n) is 8.63. The first-order valence-corrected chi connectivity index (χ1v) is 5.34. The van der Waals surface area contributed by atoms with Crippen LogP contribution in [0.1, 0.15) is 19.3 Å². The number of aliphatic hydroxyl groups excluding tert-OH is 1. The molecule has 1 unspecified atom stereocenters. The van der Waals surface area contributed by atoms with Crippen LogP contribution < -0.4 is 5.32 Å². The van der Waals surface area contributed by atoms with Gasteiger partial charge in [-0.15, -0.1) is 0 Å². The van der Waals surface area contributed by atoms with Crippen LogP contribution in [0.5, 0.6) is 0 Å². The molecular weight excluding hydrogens is 164 g/mol. The summed E-state index contributed by atoms with van der Waals surface area (Å²) in [5.41, 5.74) is 0. The molecule has 1 heterocycles. The highest BCUT2D eigenvalue weighted by molar-refractivity contribution is 4.72. The minimum absolute atomic E-state index is 0.364. The van der Waals surface area contributed by atoms with Gasteiger partial charge in [0.05, 0.1) is 0 Å². The molecule has 0 aliphatic carbocycles. The summed E-state index contributed by atoms with van der Waals surface area (Å²) in [6, 6.07) is 0. The number of likely N-dealkylation sites (tertiary alicyclic amines) is 1. The quantitative estimate of drug-likeness (QED) is 0.606. The average molecular weight is 186 g/mol. The second-order valence-corrected chi connectivity index (χ2v) is 3.95. The van der Waals surface area contributed by atoms with Crippen molar-refractivity contribution in [3.8, 4) is 0 Å². The number of aliphatic hydroxyl groups is 1. The minimum atomic E-state index is 0.364. The summed E-state index contributed by atoms with van der Waals surface area (Å²) in [5.74, 6) is 0.531. The van der Waals surface area contributed by atoms with E-state index >= 15 is 0 Å². The molecule has 1 fully saturated rings. The van der Waals surface area contributed by atoms with Crippen LogP contribution in [-0.4, -0.2) is 49.8 Å². The summed E-state index contributed by atoms with van der Waals surface area (Å²) in [6.45, 7) is 4.96. The lowest BCUT2D eigenvalue weighted by atomic mass is 9.99. The first-order chi connectivity index (χ1) is 6.36. The van der Waals surface area contributed by atoms with Crippen LogP contribution in [0.2, 0.25) is 0 Å². The minimum Gasteiger partial charge on any atom is -0.396 e. The topological polar surface area (TPSA) is 35.5 Å². The van der Waals surface area contributed by atoms with E-state index in [0.29, 0.717) is 12.5 Å². The average Bonchev–Trinajstić information content (AvgIpc) is 2.19. The molecule has 0 aromatic heterocycles. The van der Waals surface area contributed by atoms with Crippen LogP contribution in [0.4, 0.5) is 0 Å². The van der Waals surface area contributed by atoms with E-state index in [1.807, 2.05) is 7.05 Å². The van der Waals surface area contributed by atoms with Gasteiger partial charge >= 0.3 is 0 Å². The maximum absolute atomic E-state index is 9.04. The van der Waals surface area contributed by atoms with Crippen molar-refractivity contribution in [3.05, 3.63) is 0 Å². The van der Waals surface area contributed by atoms with Gasteiger partial charge in [0.1, 0.15) is 0 Å². The third kappa shape index (κ3) is 4.07. The van der Waals surface area contributed by atoms with Crippen molar-refractivity contribution in [1.82, 2.24) is 10.2 Å². The second-order valence-electron chi connectivity index (χ2n) is 3.95. The van der Waals surface area contributed by atoms with Crippen LogP contribution in [0.3, 0.4) is 0 Å². The van der Waals surface area contributed by atoms with Crippen LogP contribution in [0.25, 0.3) is 0 Å². The summed E-state index contributed by atoms with van der Waals surface area (Å²) in [5, 5.41) is 12.2. The van der Waals surface area contributed by atoms with Gasteiger partial charge in [0.15, 0.2) is 0 Å². The molecule has 1 aliphatic rings. The second kappa shape index (κ2) is 6.35. The Bertz CT molecular complexity index is 130. The fraction of sp³-hybridized carbons (Fsp3) is 1.00. The molecule has 1 rings (SSSR count). The van der Waals surface area contributed by atoms with Crippen molar-refractivity contribution in [2.24, 2.45) is 5.92 Å². The fourth-order valence-electron chi connectivity index (χ4n) is 1.98. The molecule has 0 bridgehead atoms. The Morgan fingerprint density at radius 2 is 2.38 bits per heavy atom. The summed E-state index contributed by atoms with van der Waals surface area (Å²) in [7, 11) is 1.99. The summed E-state index contributed by atoms with van der Waals surface area (Å²) < 4.78 is 0. The molecule has 13 heavy (non-hydrogen) atoms. The summed E-state index contributed by atoms with van der Waals surface area (Å²) >= 11 is 0. The van der Waals surface area contributed by atoms with E-state index in [1.165, 1.54) is 32.4 Å². The van der Waals surface area contributed by atoms with Crippen LogP contribution in [0, 0.1) is 5.92 Å². The standard InChI is InChI=1S/C10H22N2O/c1-11-5-3-7-12-6-2-4-10(8-12)9-13/h10-11,13H,2-9H2,1H3. The van der Waals surface area contributed by atoms with Gasteiger partial charge in [-0.05, 0) is 51.9 Å². The van der Waals surface area contributed by atoms with Crippen LogP contribution in [0.15, 0.2) is 0 Å². The number of nitrogens with zero attached hydrogens (tertiary/aromatic N) is 1. The molecule has 0 spiro atoms. The molecule has 78 valence electrons. The van der Waals surface area contributed by atoms with E-state index in [4.69, 9.17) is 5.11 Å². The van der Waals surface area contributed by atoms with E-state index in [2.05, 4.69) is 10.2 Å². The fourth-order valence-corrected chi connectivity index (χ4v) is 1.98.